The van der Waals surface area contributed by atoms with E-state index in [1.165, 1.54) is 11.3 Å². The minimum atomic E-state index is -0.456. The minimum absolute atomic E-state index is 0.271. The van der Waals surface area contributed by atoms with Gasteiger partial charge in [-0.2, -0.15) is 0 Å². The molecule has 0 saturated heterocycles. The van der Waals surface area contributed by atoms with Crippen molar-refractivity contribution in [3.8, 4) is 0 Å². The highest BCUT2D eigenvalue weighted by Crippen LogP contribution is 2.20. The van der Waals surface area contributed by atoms with Gasteiger partial charge in [0.2, 0.25) is 0 Å². The lowest BCUT2D eigenvalue weighted by Crippen LogP contribution is -2.18. The van der Waals surface area contributed by atoms with Gasteiger partial charge in [-0.3, -0.25) is 9.59 Å². The van der Waals surface area contributed by atoms with E-state index in [2.05, 4.69) is 10.6 Å². The van der Waals surface area contributed by atoms with Crippen LogP contribution in [0.4, 0.5) is 11.4 Å². The molecule has 0 unspecified atom stereocenters. The number of rotatable bonds is 6. The Morgan fingerprint density at radius 2 is 1.75 bits per heavy atom. The maximum atomic E-state index is 12.7. The van der Waals surface area contributed by atoms with Crippen LogP contribution < -0.4 is 10.6 Å². The summed E-state index contributed by atoms with van der Waals surface area (Å²) >= 11 is 1.32. The Labute approximate surface area is 166 Å². The summed E-state index contributed by atoms with van der Waals surface area (Å²) in [5, 5.41) is 7.32. The number of amides is 2. The van der Waals surface area contributed by atoms with E-state index in [9.17, 15) is 14.4 Å². The Morgan fingerprint density at radius 1 is 0.929 bits per heavy atom. The van der Waals surface area contributed by atoms with Crippen molar-refractivity contribution in [1.29, 1.82) is 0 Å². The molecule has 2 aromatic carbocycles. The smallest absolute Gasteiger partial charge is 0.338 e. The summed E-state index contributed by atoms with van der Waals surface area (Å²) in [5.74, 6) is -1.13. The van der Waals surface area contributed by atoms with Crippen molar-refractivity contribution in [2.75, 3.05) is 17.2 Å². The summed E-state index contributed by atoms with van der Waals surface area (Å²) in [6.45, 7) is 2.00. The number of hydrogen-bond acceptors (Lipinski definition) is 5. The van der Waals surface area contributed by atoms with Crippen molar-refractivity contribution in [3.05, 3.63) is 82.0 Å². The summed E-state index contributed by atoms with van der Waals surface area (Å²) in [6.07, 6.45) is 0. The molecule has 0 aliphatic heterocycles. The monoisotopic (exact) mass is 394 g/mol. The van der Waals surface area contributed by atoms with Crippen LogP contribution in [0.2, 0.25) is 0 Å². The van der Waals surface area contributed by atoms with E-state index in [0.29, 0.717) is 27.4 Å². The van der Waals surface area contributed by atoms with Gasteiger partial charge in [-0.25, -0.2) is 4.79 Å². The third-order valence-electron chi connectivity index (χ3n) is 3.80. The fraction of sp³-hybridized carbons (Fsp3) is 0.0952. The number of carbonyl (C=O) groups is 3. The van der Waals surface area contributed by atoms with Gasteiger partial charge >= 0.3 is 5.97 Å². The second-order valence-electron chi connectivity index (χ2n) is 5.73. The number of nitrogens with one attached hydrogen (secondary N) is 2. The maximum Gasteiger partial charge on any atom is 0.338 e. The highest BCUT2D eigenvalue weighted by molar-refractivity contribution is 7.12. The number of thiophene rings is 1. The van der Waals surface area contributed by atoms with Gasteiger partial charge in [-0.15, -0.1) is 11.3 Å². The van der Waals surface area contributed by atoms with Gasteiger partial charge in [-0.1, -0.05) is 24.3 Å². The van der Waals surface area contributed by atoms with Gasteiger partial charge in [0, 0.05) is 5.69 Å². The second kappa shape index (κ2) is 8.96. The average Bonchev–Trinajstić information content (AvgIpc) is 3.24. The van der Waals surface area contributed by atoms with Gasteiger partial charge in [0.15, 0.2) is 0 Å². The van der Waals surface area contributed by atoms with Gasteiger partial charge in [0.1, 0.15) is 0 Å². The van der Waals surface area contributed by atoms with Gasteiger partial charge < -0.3 is 15.4 Å². The first-order valence-electron chi connectivity index (χ1n) is 8.61. The van der Waals surface area contributed by atoms with Crippen LogP contribution in [0.5, 0.6) is 0 Å². The van der Waals surface area contributed by atoms with Crippen LogP contribution in [0, 0.1) is 0 Å². The van der Waals surface area contributed by atoms with Crippen LogP contribution in [0.3, 0.4) is 0 Å². The number of esters is 1. The molecule has 0 bridgehead atoms. The molecule has 0 fully saturated rings. The van der Waals surface area contributed by atoms with Gasteiger partial charge in [-0.05, 0) is 48.7 Å². The zero-order valence-corrected chi connectivity index (χ0v) is 15.9. The molecule has 142 valence electrons. The van der Waals surface area contributed by atoms with Crippen molar-refractivity contribution in [3.63, 3.8) is 0 Å². The van der Waals surface area contributed by atoms with Crippen LogP contribution >= 0.6 is 11.3 Å². The van der Waals surface area contributed by atoms with E-state index in [1.807, 2.05) is 5.38 Å². The number of para-hydroxylation sites is 1. The first-order valence-corrected chi connectivity index (χ1v) is 9.49. The minimum Gasteiger partial charge on any atom is -0.462 e. The molecule has 1 aromatic heterocycles. The Balaban J connectivity index is 1.77. The quantitative estimate of drug-likeness (QED) is 0.606. The molecule has 3 rings (SSSR count). The molecule has 0 saturated carbocycles. The molecule has 0 atom stereocenters. The zero-order chi connectivity index (χ0) is 19.9. The number of anilines is 2. The van der Waals surface area contributed by atoms with E-state index in [-0.39, 0.29) is 12.5 Å². The summed E-state index contributed by atoms with van der Waals surface area (Å²) in [6, 6.07) is 16.7. The SMILES string of the molecule is CCOC(=O)c1cccc(NC(=O)c2ccccc2NC(=O)c2cccs2)c1. The third kappa shape index (κ3) is 4.63. The molecular formula is C21H18N2O4S. The van der Waals surface area contributed by atoms with Crippen LogP contribution in [0.25, 0.3) is 0 Å². The molecule has 28 heavy (non-hydrogen) atoms. The molecular weight excluding hydrogens is 376 g/mol. The fourth-order valence-electron chi connectivity index (χ4n) is 2.52. The van der Waals surface area contributed by atoms with Crippen molar-refractivity contribution in [2.24, 2.45) is 0 Å². The summed E-state index contributed by atoms with van der Waals surface area (Å²) in [7, 11) is 0. The summed E-state index contributed by atoms with van der Waals surface area (Å²) in [4.78, 5) is 37.5. The van der Waals surface area contributed by atoms with Crippen molar-refractivity contribution in [2.45, 2.75) is 6.92 Å². The largest absolute Gasteiger partial charge is 0.462 e. The Hall–Kier alpha value is -3.45. The molecule has 0 aliphatic rings. The highest BCUT2D eigenvalue weighted by atomic mass is 32.1. The zero-order valence-electron chi connectivity index (χ0n) is 15.1. The molecule has 0 spiro atoms. The number of ether oxygens (including phenoxy) is 1. The van der Waals surface area contributed by atoms with Gasteiger partial charge in [0.25, 0.3) is 11.8 Å². The normalized spacial score (nSPS) is 10.2. The van der Waals surface area contributed by atoms with Crippen molar-refractivity contribution >= 4 is 40.5 Å². The molecule has 3 aromatic rings. The molecule has 2 amide bonds. The fourth-order valence-corrected chi connectivity index (χ4v) is 3.14. The highest BCUT2D eigenvalue weighted by Gasteiger charge is 2.15. The standard InChI is InChI=1S/C21H18N2O4S/c1-2-27-21(26)14-7-5-8-15(13-14)22-19(24)16-9-3-4-10-17(16)23-20(25)18-11-6-12-28-18/h3-13H,2H2,1H3,(H,22,24)(H,23,25). The lowest BCUT2D eigenvalue weighted by atomic mass is 10.1. The molecule has 2 N–H and O–H groups in total. The number of benzene rings is 2. The van der Waals surface area contributed by atoms with E-state index in [4.69, 9.17) is 4.74 Å². The third-order valence-corrected chi connectivity index (χ3v) is 4.67. The van der Waals surface area contributed by atoms with Crippen LogP contribution in [0.15, 0.2) is 66.0 Å². The van der Waals surface area contributed by atoms with E-state index >= 15 is 0 Å². The molecule has 6 nitrogen and oxygen atoms in total. The average molecular weight is 394 g/mol. The van der Waals surface area contributed by atoms with Crippen LogP contribution in [-0.2, 0) is 4.74 Å². The summed E-state index contributed by atoms with van der Waals surface area (Å²) < 4.78 is 4.97. The predicted molar refractivity (Wildman–Crippen MR) is 109 cm³/mol. The van der Waals surface area contributed by atoms with Gasteiger partial charge in [0.05, 0.1) is 28.3 Å². The summed E-state index contributed by atoms with van der Waals surface area (Å²) in [5.41, 5.74) is 1.52. The molecule has 1 heterocycles. The van der Waals surface area contributed by atoms with E-state index < -0.39 is 11.9 Å². The number of carbonyl (C=O) groups excluding carboxylic acids is 3. The van der Waals surface area contributed by atoms with Crippen molar-refractivity contribution in [1.82, 2.24) is 0 Å². The van der Waals surface area contributed by atoms with E-state index in [0.717, 1.165) is 0 Å². The van der Waals surface area contributed by atoms with Crippen LogP contribution in [0.1, 0.15) is 37.3 Å². The Bertz CT molecular complexity index is 999. The van der Waals surface area contributed by atoms with Crippen LogP contribution in [-0.4, -0.2) is 24.4 Å². The molecule has 7 heteroatoms. The maximum absolute atomic E-state index is 12.7. The second-order valence-corrected chi connectivity index (χ2v) is 6.68. The first-order chi connectivity index (χ1) is 13.6. The molecule has 0 aliphatic carbocycles. The Kier molecular flexibility index (Phi) is 6.18. The van der Waals surface area contributed by atoms with E-state index in [1.54, 1.807) is 67.6 Å². The lowest BCUT2D eigenvalue weighted by Gasteiger charge is -2.11. The lowest BCUT2D eigenvalue weighted by molar-refractivity contribution is 0.0526. The first kappa shape index (κ1) is 19.3. The Morgan fingerprint density at radius 3 is 2.50 bits per heavy atom. The van der Waals surface area contributed by atoms with Crippen molar-refractivity contribution < 1.29 is 19.1 Å². The number of hydrogen-bond donors (Lipinski definition) is 2. The molecule has 0 radical (unpaired) electrons. The topological polar surface area (TPSA) is 84.5 Å². The predicted octanol–water partition coefficient (Wildman–Crippen LogP) is 4.43.